The Kier molecular flexibility index (Phi) is 3.17. The van der Waals surface area contributed by atoms with Gasteiger partial charge in [0, 0.05) is 12.7 Å². The zero-order valence-corrected chi connectivity index (χ0v) is 11.7. The molecule has 0 spiro atoms. The second-order valence-corrected chi connectivity index (χ2v) is 4.87. The van der Waals surface area contributed by atoms with Crippen molar-refractivity contribution in [2.75, 3.05) is 11.9 Å². The van der Waals surface area contributed by atoms with Gasteiger partial charge >= 0.3 is 0 Å². The van der Waals surface area contributed by atoms with Crippen LogP contribution in [0.15, 0.2) is 42.5 Å². The highest BCUT2D eigenvalue weighted by Crippen LogP contribution is 2.22. The van der Waals surface area contributed by atoms with E-state index in [1.54, 1.807) is 25.2 Å². The van der Waals surface area contributed by atoms with Gasteiger partial charge in [0.05, 0.1) is 16.6 Å². The minimum Gasteiger partial charge on any atom is -0.342 e. The molecule has 0 aliphatic carbocycles. The quantitative estimate of drug-likeness (QED) is 0.784. The van der Waals surface area contributed by atoms with Gasteiger partial charge in [-0.25, -0.2) is 9.37 Å². The number of H-pyrrole nitrogens is 1. The van der Waals surface area contributed by atoms with Crippen LogP contribution in [0, 0.1) is 12.7 Å². The Morgan fingerprint density at radius 1 is 1.24 bits per heavy atom. The summed E-state index contributed by atoms with van der Waals surface area (Å²) in [4.78, 5) is 21.2. The molecule has 4 nitrogen and oxygen atoms in total. The topological polar surface area (TPSA) is 49.0 Å². The highest BCUT2D eigenvalue weighted by Gasteiger charge is 2.17. The Balaban J connectivity index is 1.97. The van der Waals surface area contributed by atoms with E-state index in [9.17, 15) is 9.18 Å². The number of hydrogen-bond acceptors (Lipinski definition) is 2. The number of aromatic amines is 1. The van der Waals surface area contributed by atoms with Gasteiger partial charge < -0.3 is 9.88 Å². The number of fused-ring (bicyclic) bond motifs is 1. The van der Waals surface area contributed by atoms with Crippen molar-refractivity contribution >= 4 is 22.6 Å². The normalized spacial score (nSPS) is 10.8. The number of benzene rings is 2. The van der Waals surface area contributed by atoms with E-state index in [0.29, 0.717) is 5.69 Å². The second-order valence-electron chi connectivity index (χ2n) is 4.87. The van der Waals surface area contributed by atoms with Gasteiger partial charge in [-0.05, 0) is 37.3 Å². The summed E-state index contributed by atoms with van der Waals surface area (Å²) in [6.07, 6.45) is 0. The zero-order valence-electron chi connectivity index (χ0n) is 11.7. The molecule has 106 valence electrons. The monoisotopic (exact) mass is 283 g/mol. The Morgan fingerprint density at radius 2 is 2.00 bits per heavy atom. The Bertz CT molecular complexity index is 825. The van der Waals surface area contributed by atoms with Crippen molar-refractivity contribution in [1.82, 2.24) is 9.97 Å². The molecular weight excluding hydrogens is 269 g/mol. The number of rotatable bonds is 2. The third-order valence-corrected chi connectivity index (χ3v) is 3.38. The summed E-state index contributed by atoms with van der Waals surface area (Å²) in [7, 11) is 1.62. The van der Waals surface area contributed by atoms with Gasteiger partial charge in [-0.15, -0.1) is 0 Å². The molecule has 0 aliphatic heterocycles. The molecular formula is C16H14FN3O. The van der Waals surface area contributed by atoms with Crippen LogP contribution in [0.1, 0.15) is 16.2 Å². The van der Waals surface area contributed by atoms with Gasteiger partial charge in [-0.2, -0.15) is 0 Å². The number of nitrogens with one attached hydrogen (secondary N) is 1. The maximum atomic E-state index is 13.7. The summed E-state index contributed by atoms with van der Waals surface area (Å²) >= 11 is 0. The van der Waals surface area contributed by atoms with Crippen molar-refractivity contribution < 1.29 is 9.18 Å². The molecule has 3 aromatic rings. The first kappa shape index (κ1) is 13.3. The third-order valence-electron chi connectivity index (χ3n) is 3.38. The molecule has 21 heavy (non-hydrogen) atoms. The fraction of sp³-hybridized carbons (Fsp3) is 0.125. The SMILES string of the molecule is Cc1nc2ccc(N(C)C(=O)c3ccccc3F)cc2[nH]1. The van der Waals surface area contributed by atoms with E-state index in [0.717, 1.165) is 16.9 Å². The number of carbonyl (C=O) groups excluding carboxylic acids is 1. The maximum absolute atomic E-state index is 13.7. The Labute approximate surface area is 121 Å². The molecule has 1 N–H and O–H groups in total. The van der Waals surface area contributed by atoms with Crippen molar-refractivity contribution in [2.24, 2.45) is 0 Å². The molecule has 1 amide bonds. The lowest BCUT2D eigenvalue weighted by Crippen LogP contribution is -2.27. The van der Waals surface area contributed by atoms with Gasteiger partial charge in [0.25, 0.3) is 5.91 Å². The van der Waals surface area contributed by atoms with Gasteiger partial charge in [-0.3, -0.25) is 4.79 Å². The summed E-state index contributed by atoms with van der Waals surface area (Å²) < 4.78 is 13.7. The summed E-state index contributed by atoms with van der Waals surface area (Å²) in [6, 6.07) is 11.4. The minimum absolute atomic E-state index is 0.0564. The number of imidazole rings is 1. The number of aryl methyl sites for hydroxylation is 1. The molecule has 5 heteroatoms. The van der Waals surface area contributed by atoms with E-state index in [-0.39, 0.29) is 11.5 Å². The van der Waals surface area contributed by atoms with E-state index in [1.807, 2.05) is 19.1 Å². The molecule has 0 radical (unpaired) electrons. The lowest BCUT2D eigenvalue weighted by atomic mass is 10.1. The molecule has 0 atom stereocenters. The first-order valence-corrected chi connectivity index (χ1v) is 6.55. The zero-order chi connectivity index (χ0) is 15.0. The standard InChI is InChI=1S/C16H14FN3O/c1-10-18-14-8-7-11(9-15(14)19-10)20(2)16(21)12-5-3-4-6-13(12)17/h3-9H,1-2H3,(H,18,19). The van der Waals surface area contributed by atoms with E-state index in [4.69, 9.17) is 0 Å². The fourth-order valence-corrected chi connectivity index (χ4v) is 2.27. The number of hydrogen-bond donors (Lipinski definition) is 1. The van der Waals surface area contributed by atoms with Gasteiger partial charge in [0.15, 0.2) is 0 Å². The number of amides is 1. The first-order chi connectivity index (χ1) is 10.1. The predicted octanol–water partition coefficient (Wildman–Crippen LogP) is 3.29. The van der Waals surface area contributed by atoms with Crippen LogP contribution in [0.25, 0.3) is 11.0 Å². The summed E-state index contributed by atoms with van der Waals surface area (Å²) in [6.45, 7) is 1.87. The van der Waals surface area contributed by atoms with Crippen molar-refractivity contribution in [3.63, 3.8) is 0 Å². The highest BCUT2D eigenvalue weighted by molar-refractivity contribution is 6.06. The molecule has 0 bridgehead atoms. The first-order valence-electron chi connectivity index (χ1n) is 6.55. The van der Waals surface area contributed by atoms with Crippen LogP contribution >= 0.6 is 0 Å². The molecule has 0 saturated carbocycles. The third kappa shape index (κ3) is 2.38. The Hall–Kier alpha value is -2.69. The lowest BCUT2D eigenvalue weighted by Gasteiger charge is -2.17. The van der Waals surface area contributed by atoms with Gasteiger partial charge in [0.1, 0.15) is 11.6 Å². The number of carbonyl (C=O) groups is 1. The number of nitrogens with zero attached hydrogens (tertiary/aromatic N) is 2. The van der Waals surface area contributed by atoms with Gasteiger partial charge in [0.2, 0.25) is 0 Å². The van der Waals surface area contributed by atoms with Crippen LogP contribution in [0.2, 0.25) is 0 Å². The smallest absolute Gasteiger partial charge is 0.260 e. The molecule has 0 fully saturated rings. The van der Waals surface area contributed by atoms with Crippen molar-refractivity contribution in [1.29, 1.82) is 0 Å². The van der Waals surface area contributed by atoms with Crippen molar-refractivity contribution in [3.05, 3.63) is 59.7 Å². The van der Waals surface area contributed by atoms with E-state index < -0.39 is 5.82 Å². The van der Waals surface area contributed by atoms with Gasteiger partial charge in [-0.1, -0.05) is 12.1 Å². The Morgan fingerprint density at radius 3 is 2.76 bits per heavy atom. The van der Waals surface area contributed by atoms with Crippen LogP contribution in [0.3, 0.4) is 0 Å². The number of halogens is 1. The molecule has 1 aromatic heterocycles. The fourth-order valence-electron chi connectivity index (χ4n) is 2.27. The summed E-state index contributed by atoms with van der Waals surface area (Å²) in [5, 5.41) is 0. The average molecular weight is 283 g/mol. The van der Waals surface area contributed by atoms with Crippen LogP contribution in [-0.2, 0) is 0 Å². The van der Waals surface area contributed by atoms with Crippen LogP contribution in [-0.4, -0.2) is 22.9 Å². The molecule has 0 unspecified atom stereocenters. The second kappa shape index (κ2) is 5.01. The number of anilines is 1. The van der Waals surface area contributed by atoms with E-state index in [2.05, 4.69) is 9.97 Å². The molecule has 0 saturated heterocycles. The maximum Gasteiger partial charge on any atom is 0.260 e. The highest BCUT2D eigenvalue weighted by atomic mass is 19.1. The minimum atomic E-state index is -0.521. The average Bonchev–Trinajstić information content (AvgIpc) is 2.85. The molecule has 2 aromatic carbocycles. The molecule has 3 rings (SSSR count). The van der Waals surface area contributed by atoms with Crippen LogP contribution in [0.5, 0.6) is 0 Å². The summed E-state index contributed by atoms with van der Waals surface area (Å²) in [5.74, 6) is -0.0956. The largest absolute Gasteiger partial charge is 0.342 e. The van der Waals surface area contributed by atoms with E-state index >= 15 is 0 Å². The number of aromatic nitrogens is 2. The molecule has 0 aliphatic rings. The predicted molar refractivity (Wildman–Crippen MR) is 80.0 cm³/mol. The van der Waals surface area contributed by atoms with Crippen LogP contribution in [0.4, 0.5) is 10.1 Å². The van der Waals surface area contributed by atoms with Crippen molar-refractivity contribution in [2.45, 2.75) is 6.92 Å². The molecule has 1 heterocycles. The van der Waals surface area contributed by atoms with E-state index in [1.165, 1.54) is 17.0 Å². The lowest BCUT2D eigenvalue weighted by molar-refractivity contribution is 0.0989. The summed E-state index contributed by atoms with van der Waals surface area (Å²) in [5.41, 5.74) is 2.42. The van der Waals surface area contributed by atoms with Crippen molar-refractivity contribution in [3.8, 4) is 0 Å². The van der Waals surface area contributed by atoms with Crippen LogP contribution < -0.4 is 4.90 Å².